The van der Waals surface area contributed by atoms with Crippen molar-refractivity contribution in [1.82, 2.24) is 9.55 Å². The Bertz CT molecular complexity index is 1290. The molecule has 0 aliphatic heterocycles. The van der Waals surface area contributed by atoms with Crippen molar-refractivity contribution in [1.29, 1.82) is 0 Å². The van der Waals surface area contributed by atoms with Crippen LogP contribution in [0, 0.1) is 13.8 Å². The van der Waals surface area contributed by atoms with E-state index in [9.17, 15) is 9.90 Å². The molecular weight excluding hydrogens is 434 g/mol. The van der Waals surface area contributed by atoms with E-state index in [0.717, 1.165) is 34.6 Å². The van der Waals surface area contributed by atoms with Crippen LogP contribution in [0.3, 0.4) is 0 Å². The minimum Gasteiger partial charge on any atom is -0.480 e. The molecule has 0 aliphatic rings. The van der Waals surface area contributed by atoms with Crippen LogP contribution in [0.4, 0.5) is 5.69 Å². The monoisotopic (exact) mass is 461 g/mol. The van der Waals surface area contributed by atoms with E-state index < -0.39 is 12.0 Å². The highest BCUT2D eigenvalue weighted by atomic mass is 35.5. The number of aromatic nitrogens is 2. The topological polar surface area (TPSA) is 67.2 Å². The van der Waals surface area contributed by atoms with E-state index in [-0.39, 0.29) is 0 Å². The molecule has 6 heteroatoms. The van der Waals surface area contributed by atoms with Gasteiger partial charge >= 0.3 is 5.97 Å². The third-order valence-corrected chi connectivity index (χ3v) is 6.26. The number of halogens is 1. The number of hydrogen-bond donors (Lipinski definition) is 2. The highest BCUT2D eigenvalue weighted by Crippen LogP contribution is 2.24. The van der Waals surface area contributed by atoms with Gasteiger partial charge in [-0.2, -0.15) is 0 Å². The molecule has 4 aromatic rings. The normalized spacial score (nSPS) is 12.1. The van der Waals surface area contributed by atoms with Gasteiger partial charge in [-0.25, -0.2) is 9.78 Å². The van der Waals surface area contributed by atoms with Gasteiger partial charge in [-0.3, -0.25) is 0 Å². The van der Waals surface area contributed by atoms with Gasteiger partial charge in [-0.05, 0) is 60.4 Å². The molecular formula is C27H28ClN3O2. The van der Waals surface area contributed by atoms with Crippen LogP contribution in [0.2, 0.25) is 5.02 Å². The van der Waals surface area contributed by atoms with Gasteiger partial charge in [-0.1, -0.05) is 54.9 Å². The number of carboxylic acids is 1. The summed E-state index contributed by atoms with van der Waals surface area (Å²) in [4.78, 5) is 16.7. The first-order chi connectivity index (χ1) is 15.9. The van der Waals surface area contributed by atoms with Gasteiger partial charge in [0.1, 0.15) is 11.9 Å². The molecule has 2 N–H and O–H groups in total. The van der Waals surface area contributed by atoms with Gasteiger partial charge in [0.05, 0.1) is 11.0 Å². The number of hydrogen-bond acceptors (Lipinski definition) is 3. The molecule has 0 amide bonds. The summed E-state index contributed by atoms with van der Waals surface area (Å²) in [6.07, 6.45) is 1.16. The fourth-order valence-electron chi connectivity index (χ4n) is 4.32. The summed E-state index contributed by atoms with van der Waals surface area (Å²) in [5.74, 6) is 0.147. The van der Waals surface area contributed by atoms with Gasteiger partial charge < -0.3 is 15.0 Å². The maximum atomic E-state index is 11.8. The van der Waals surface area contributed by atoms with Crippen LogP contribution in [0.25, 0.3) is 11.0 Å². The average molecular weight is 462 g/mol. The Labute approximate surface area is 199 Å². The van der Waals surface area contributed by atoms with Crippen molar-refractivity contribution in [3.8, 4) is 0 Å². The summed E-state index contributed by atoms with van der Waals surface area (Å²) < 4.78 is 2.28. The molecule has 170 valence electrons. The Morgan fingerprint density at radius 2 is 1.85 bits per heavy atom. The molecule has 33 heavy (non-hydrogen) atoms. The lowest BCUT2D eigenvalue weighted by atomic mass is 10.1. The predicted octanol–water partition coefficient (Wildman–Crippen LogP) is 6.03. The van der Waals surface area contributed by atoms with E-state index in [1.54, 1.807) is 6.07 Å². The average Bonchev–Trinajstić information content (AvgIpc) is 3.13. The van der Waals surface area contributed by atoms with Crippen molar-refractivity contribution in [2.45, 2.75) is 46.2 Å². The number of aryl methyl sites for hydroxylation is 3. The molecule has 1 atom stereocenters. The molecule has 0 bridgehead atoms. The van der Waals surface area contributed by atoms with Crippen molar-refractivity contribution in [3.63, 3.8) is 0 Å². The fraction of sp³-hybridized carbons (Fsp3) is 0.259. The zero-order valence-electron chi connectivity index (χ0n) is 19.1. The van der Waals surface area contributed by atoms with E-state index in [4.69, 9.17) is 16.6 Å². The zero-order chi connectivity index (χ0) is 23.5. The molecule has 1 heterocycles. The van der Waals surface area contributed by atoms with Crippen molar-refractivity contribution < 1.29 is 9.90 Å². The SMILES string of the molecule is CCc1nc2cc(C)cc(C)c2n1Cc1ccc(NC(Cc2ccccc2Cl)C(=O)O)cc1. The molecule has 0 spiro atoms. The second-order valence-electron chi connectivity index (χ2n) is 8.44. The first-order valence-electron chi connectivity index (χ1n) is 11.1. The number of benzene rings is 3. The largest absolute Gasteiger partial charge is 0.480 e. The van der Waals surface area contributed by atoms with Crippen LogP contribution in [0.5, 0.6) is 0 Å². The lowest BCUT2D eigenvalue weighted by molar-refractivity contribution is -0.137. The minimum absolute atomic E-state index is 0.302. The molecule has 5 nitrogen and oxygen atoms in total. The third-order valence-electron chi connectivity index (χ3n) is 5.89. The maximum absolute atomic E-state index is 11.8. The van der Waals surface area contributed by atoms with Gasteiger partial charge in [0.2, 0.25) is 0 Å². The van der Waals surface area contributed by atoms with Crippen LogP contribution in [-0.4, -0.2) is 26.7 Å². The highest BCUT2D eigenvalue weighted by molar-refractivity contribution is 6.31. The number of carbonyl (C=O) groups is 1. The van der Waals surface area contributed by atoms with Crippen LogP contribution >= 0.6 is 11.6 Å². The summed E-state index contributed by atoms with van der Waals surface area (Å²) in [6.45, 7) is 7.06. The Morgan fingerprint density at radius 1 is 1.12 bits per heavy atom. The lowest BCUT2D eigenvalue weighted by Crippen LogP contribution is -2.31. The summed E-state index contributed by atoms with van der Waals surface area (Å²) in [6, 6.07) is 18.8. The molecule has 0 aliphatic carbocycles. The number of nitrogens with one attached hydrogen (secondary N) is 1. The Hall–Kier alpha value is -3.31. The number of imidazole rings is 1. The predicted molar refractivity (Wildman–Crippen MR) is 134 cm³/mol. The van der Waals surface area contributed by atoms with E-state index in [0.29, 0.717) is 18.0 Å². The number of nitrogens with zero attached hydrogens (tertiary/aromatic N) is 2. The lowest BCUT2D eigenvalue weighted by Gasteiger charge is -2.17. The van der Waals surface area contributed by atoms with Crippen LogP contribution in [-0.2, 0) is 24.2 Å². The van der Waals surface area contributed by atoms with Crippen molar-refractivity contribution in [2.24, 2.45) is 0 Å². The Morgan fingerprint density at radius 3 is 2.52 bits per heavy atom. The molecule has 4 rings (SSSR count). The number of aliphatic carboxylic acids is 1. The summed E-state index contributed by atoms with van der Waals surface area (Å²) in [5.41, 5.74) is 7.34. The van der Waals surface area contributed by atoms with Crippen molar-refractivity contribution >= 4 is 34.3 Å². The molecule has 1 aromatic heterocycles. The summed E-state index contributed by atoms with van der Waals surface area (Å²) in [7, 11) is 0. The van der Waals surface area contributed by atoms with Crippen molar-refractivity contribution in [3.05, 3.63) is 93.8 Å². The minimum atomic E-state index is -0.915. The van der Waals surface area contributed by atoms with Gasteiger partial charge in [-0.15, -0.1) is 0 Å². The first-order valence-corrected chi connectivity index (χ1v) is 11.5. The van der Waals surface area contributed by atoms with Gasteiger partial charge in [0.25, 0.3) is 0 Å². The van der Waals surface area contributed by atoms with Crippen LogP contribution in [0.1, 0.15) is 35.0 Å². The molecule has 0 radical (unpaired) electrons. The van der Waals surface area contributed by atoms with Gasteiger partial charge in [0, 0.05) is 30.1 Å². The molecule has 0 saturated heterocycles. The van der Waals surface area contributed by atoms with Crippen molar-refractivity contribution in [2.75, 3.05) is 5.32 Å². The second kappa shape index (κ2) is 9.67. The van der Waals surface area contributed by atoms with Crippen LogP contribution < -0.4 is 5.32 Å². The maximum Gasteiger partial charge on any atom is 0.326 e. The molecule has 0 saturated carbocycles. The van der Waals surface area contributed by atoms with E-state index in [2.05, 4.69) is 42.8 Å². The Balaban J connectivity index is 1.54. The Kier molecular flexibility index (Phi) is 6.70. The number of rotatable bonds is 8. The van der Waals surface area contributed by atoms with E-state index >= 15 is 0 Å². The highest BCUT2D eigenvalue weighted by Gasteiger charge is 2.19. The second-order valence-corrected chi connectivity index (χ2v) is 8.85. The van der Waals surface area contributed by atoms with Gasteiger partial charge in [0.15, 0.2) is 0 Å². The standard InChI is InChI=1S/C27H28ClN3O2/c1-4-25-30-23-14-17(2)13-18(3)26(23)31(25)16-19-9-11-21(12-10-19)29-24(27(32)33)15-20-7-5-6-8-22(20)28/h5-14,24,29H,4,15-16H2,1-3H3,(H,32,33). The molecule has 0 fully saturated rings. The third kappa shape index (κ3) is 5.04. The summed E-state index contributed by atoms with van der Waals surface area (Å²) >= 11 is 6.22. The van der Waals surface area contributed by atoms with Crippen LogP contribution in [0.15, 0.2) is 60.7 Å². The zero-order valence-corrected chi connectivity index (χ0v) is 19.9. The fourth-order valence-corrected chi connectivity index (χ4v) is 4.53. The number of anilines is 1. The smallest absolute Gasteiger partial charge is 0.326 e. The van der Waals surface area contributed by atoms with E-state index in [1.807, 2.05) is 42.5 Å². The number of carboxylic acid groups (broad SMARTS) is 1. The molecule has 1 unspecified atom stereocenters. The quantitative estimate of drug-likeness (QED) is 0.336. The number of fused-ring (bicyclic) bond motifs is 1. The summed E-state index contributed by atoms with van der Waals surface area (Å²) in [5, 5.41) is 13.4. The molecule has 3 aromatic carbocycles. The first kappa shape index (κ1) is 22.9. The van der Waals surface area contributed by atoms with E-state index in [1.165, 1.54) is 16.6 Å².